The third kappa shape index (κ3) is 9.47. The molecular formula is C49H49N3O4. The van der Waals surface area contributed by atoms with E-state index in [4.69, 9.17) is 9.47 Å². The second-order valence-electron chi connectivity index (χ2n) is 14.3. The topological polar surface area (TPSA) is 79.9 Å². The molecule has 1 fully saturated rings. The van der Waals surface area contributed by atoms with Crippen molar-refractivity contribution >= 4 is 28.9 Å². The standard InChI is InChI=1S/C49H49N3O4/c1-4-36-8-6-9-37(5-2)47(36)50-42-10-7-11-43(32-42)51-48(53)40-20-18-38(19-21-40)39-22-26-44(27-23-39)55-33-35-14-24-45(25-15-35)56-46-28-30-52(31-29-46)49(54)41-16-12-34(3)13-17-41/h6-27,32,46,50H,4-5,28-31,33H2,1-3H3,(H,51,53). The van der Waals surface area contributed by atoms with Gasteiger partial charge in [-0.05, 0) is 114 Å². The van der Waals surface area contributed by atoms with Crippen LogP contribution in [0.1, 0.15) is 69.7 Å². The minimum atomic E-state index is -0.159. The molecule has 7 heteroatoms. The number of nitrogens with zero attached hydrogens (tertiary/aromatic N) is 1. The Hall–Kier alpha value is -6.34. The average molecular weight is 744 g/mol. The highest BCUT2D eigenvalue weighted by molar-refractivity contribution is 6.04. The molecule has 284 valence electrons. The zero-order valence-corrected chi connectivity index (χ0v) is 32.4. The molecule has 1 saturated heterocycles. The molecule has 0 atom stereocenters. The van der Waals surface area contributed by atoms with E-state index in [1.54, 1.807) is 0 Å². The number of ether oxygens (including phenoxy) is 2. The van der Waals surface area contributed by atoms with Gasteiger partial charge in [0.15, 0.2) is 0 Å². The summed E-state index contributed by atoms with van der Waals surface area (Å²) in [6.45, 7) is 8.17. The summed E-state index contributed by atoms with van der Waals surface area (Å²) in [4.78, 5) is 28.0. The number of para-hydroxylation sites is 1. The molecule has 7 nitrogen and oxygen atoms in total. The molecule has 0 radical (unpaired) electrons. The van der Waals surface area contributed by atoms with Crippen LogP contribution in [-0.4, -0.2) is 35.9 Å². The molecule has 56 heavy (non-hydrogen) atoms. The van der Waals surface area contributed by atoms with Gasteiger partial charge in [-0.15, -0.1) is 0 Å². The normalized spacial score (nSPS) is 12.9. The van der Waals surface area contributed by atoms with Gasteiger partial charge in [0.1, 0.15) is 24.2 Å². The van der Waals surface area contributed by atoms with Gasteiger partial charge in [-0.3, -0.25) is 9.59 Å². The molecule has 2 N–H and O–H groups in total. The van der Waals surface area contributed by atoms with Crippen molar-refractivity contribution in [3.63, 3.8) is 0 Å². The van der Waals surface area contributed by atoms with Crippen LogP contribution in [0.25, 0.3) is 11.1 Å². The monoisotopic (exact) mass is 743 g/mol. The Morgan fingerprint density at radius 3 is 1.88 bits per heavy atom. The number of amides is 2. The van der Waals surface area contributed by atoms with Crippen molar-refractivity contribution in [1.82, 2.24) is 4.90 Å². The van der Waals surface area contributed by atoms with E-state index in [9.17, 15) is 9.59 Å². The van der Waals surface area contributed by atoms with Crippen molar-refractivity contribution in [3.8, 4) is 22.6 Å². The number of carbonyl (C=O) groups is 2. The smallest absolute Gasteiger partial charge is 0.255 e. The van der Waals surface area contributed by atoms with Crippen molar-refractivity contribution in [3.05, 3.63) is 173 Å². The van der Waals surface area contributed by atoms with Crippen molar-refractivity contribution in [2.75, 3.05) is 23.7 Å². The predicted molar refractivity (Wildman–Crippen MR) is 226 cm³/mol. The highest BCUT2D eigenvalue weighted by atomic mass is 16.5. The van der Waals surface area contributed by atoms with Crippen LogP contribution in [0, 0.1) is 6.92 Å². The van der Waals surface area contributed by atoms with Gasteiger partial charge in [0.05, 0.1) is 0 Å². The molecule has 7 rings (SSSR count). The second kappa shape index (κ2) is 17.9. The highest BCUT2D eigenvalue weighted by Crippen LogP contribution is 2.29. The van der Waals surface area contributed by atoms with Crippen LogP contribution in [0.2, 0.25) is 0 Å². The number of aryl methyl sites for hydroxylation is 3. The van der Waals surface area contributed by atoms with Crippen LogP contribution in [0.15, 0.2) is 140 Å². The summed E-state index contributed by atoms with van der Waals surface area (Å²) in [5, 5.41) is 6.64. The van der Waals surface area contributed by atoms with Gasteiger partial charge in [0.25, 0.3) is 11.8 Å². The Kier molecular flexibility index (Phi) is 12.1. The molecule has 1 heterocycles. The van der Waals surface area contributed by atoms with E-state index in [1.165, 1.54) is 11.1 Å². The molecule has 6 aromatic rings. The van der Waals surface area contributed by atoms with Gasteiger partial charge < -0.3 is 25.0 Å². The summed E-state index contributed by atoms with van der Waals surface area (Å²) in [6, 6.07) is 45.7. The maximum Gasteiger partial charge on any atom is 0.255 e. The summed E-state index contributed by atoms with van der Waals surface area (Å²) in [5.41, 5.74) is 10.9. The van der Waals surface area contributed by atoms with Crippen LogP contribution >= 0.6 is 0 Å². The zero-order valence-electron chi connectivity index (χ0n) is 32.4. The lowest BCUT2D eigenvalue weighted by Crippen LogP contribution is -2.41. The molecule has 0 bridgehead atoms. The van der Waals surface area contributed by atoms with Crippen LogP contribution in [0.3, 0.4) is 0 Å². The molecule has 0 aromatic heterocycles. The number of hydrogen-bond donors (Lipinski definition) is 2. The summed E-state index contributed by atoms with van der Waals surface area (Å²) in [7, 11) is 0. The number of carbonyl (C=O) groups excluding carboxylic acids is 2. The maximum atomic E-state index is 13.2. The lowest BCUT2D eigenvalue weighted by Gasteiger charge is -2.32. The van der Waals surface area contributed by atoms with E-state index in [0.29, 0.717) is 25.3 Å². The van der Waals surface area contributed by atoms with Crippen LogP contribution in [0.5, 0.6) is 11.5 Å². The van der Waals surface area contributed by atoms with E-state index in [2.05, 4.69) is 42.7 Å². The van der Waals surface area contributed by atoms with Gasteiger partial charge in [0, 0.05) is 54.1 Å². The number of benzene rings is 6. The molecule has 0 saturated carbocycles. The Balaban J connectivity index is 0.867. The van der Waals surface area contributed by atoms with Gasteiger partial charge in [0.2, 0.25) is 0 Å². The second-order valence-corrected chi connectivity index (χ2v) is 14.3. The highest BCUT2D eigenvalue weighted by Gasteiger charge is 2.24. The lowest BCUT2D eigenvalue weighted by molar-refractivity contribution is 0.0595. The first-order valence-corrected chi connectivity index (χ1v) is 19.6. The summed E-state index contributed by atoms with van der Waals surface area (Å²) in [6.07, 6.45) is 3.58. The Bertz CT molecular complexity index is 2220. The summed E-state index contributed by atoms with van der Waals surface area (Å²) < 4.78 is 12.3. The number of piperidine rings is 1. The zero-order chi connectivity index (χ0) is 38.9. The van der Waals surface area contributed by atoms with Crippen molar-refractivity contribution in [1.29, 1.82) is 0 Å². The molecule has 6 aromatic carbocycles. The first-order valence-electron chi connectivity index (χ1n) is 19.6. The average Bonchev–Trinajstić information content (AvgIpc) is 3.24. The maximum absolute atomic E-state index is 13.2. The molecule has 2 amide bonds. The van der Waals surface area contributed by atoms with E-state index >= 15 is 0 Å². The first-order chi connectivity index (χ1) is 27.3. The largest absolute Gasteiger partial charge is 0.490 e. The SMILES string of the molecule is CCc1cccc(CC)c1Nc1cccc(NC(=O)c2ccc(-c3ccc(OCc4ccc(OC5CCN(C(=O)c6ccc(C)cc6)CC5)cc4)cc3)cc2)c1. The van der Waals surface area contributed by atoms with Gasteiger partial charge in [-0.25, -0.2) is 0 Å². The summed E-state index contributed by atoms with van der Waals surface area (Å²) >= 11 is 0. The third-order valence-corrected chi connectivity index (χ3v) is 10.4. The number of nitrogens with one attached hydrogen (secondary N) is 2. The quantitative estimate of drug-likeness (QED) is 0.123. The van der Waals surface area contributed by atoms with E-state index < -0.39 is 0 Å². The number of rotatable bonds is 13. The number of likely N-dealkylation sites (tertiary alicyclic amines) is 1. The summed E-state index contributed by atoms with van der Waals surface area (Å²) in [5.74, 6) is 1.53. The van der Waals surface area contributed by atoms with Crippen LogP contribution < -0.4 is 20.1 Å². The van der Waals surface area contributed by atoms with Gasteiger partial charge >= 0.3 is 0 Å². The Labute approximate surface area is 330 Å². The third-order valence-electron chi connectivity index (χ3n) is 10.4. The minimum absolute atomic E-state index is 0.0838. The molecule has 1 aliphatic heterocycles. The van der Waals surface area contributed by atoms with Crippen LogP contribution in [0.4, 0.5) is 17.1 Å². The van der Waals surface area contributed by atoms with Crippen molar-refractivity contribution < 1.29 is 19.1 Å². The lowest BCUT2D eigenvalue weighted by atomic mass is 10.0. The predicted octanol–water partition coefficient (Wildman–Crippen LogP) is 11.0. The van der Waals surface area contributed by atoms with E-state index in [-0.39, 0.29) is 17.9 Å². The number of anilines is 3. The van der Waals surface area contributed by atoms with Crippen molar-refractivity contribution in [2.45, 2.75) is 59.2 Å². The Morgan fingerprint density at radius 1 is 0.661 bits per heavy atom. The molecule has 0 spiro atoms. The fraction of sp³-hybridized carbons (Fsp3) is 0.224. The first kappa shape index (κ1) is 38.0. The number of hydrogen-bond acceptors (Lipinski definition) is 5. The van der Waals surface area contributed by atoms with Crippen LogP contribution in [-0.2, 0) is 19.4 Å². The minimum Gasteiger partial charge on any atom is -0.490 e. The molecule has 1 aliphatic rings. The molecule has 0 unspecified atom stereocenters. The van der Waals surface area contributed by atoms with E-state index in [1.807, 2.05) is 133 Å². The Morgan fingerprint density at radius 2 is 1.23 bits per heavy atom. The van der Waals surface area contributed by atoms with E-state index in [0.717, 1.165) is 82.1 Å². The van der Waals surface area contributed by atoms with Crippen molar-refractivity contribution in [2.24, 2.45) is 0 Å². The van der Waals surface area contributed by atoms with Gasteiger partial charge in [-0.2, -0.15) is 0 Å². The fourth-order valence-electron chi connectivity index (χ4n) is 7.06. The molecule has 0 aliphatic carbocycles. The molecular weight excluding hydrogens is 695 g/mol. The fourth-order valence-corrected chi connectivity index (χ4v) is 7.06. The van der Waals surface area contributed by atoms with Gasteiger partial charge in [-0.1, -0.05) is 92.2 Å².